The fraction of sp³-hybridized carbons (Fsp3) is 0.200. The lowest BCUT2D eigenvalue weighted by atomic mass is 10.1. The number of hydrogen-bond donors (Lipinski definition) is 1. The highest BCUT2D eigenvalue weighted by atomic mass is 16.2. The molecular weight excluding hydrogens is 300 g/mol. The summed E-state index contributed by atoms with van der Waals surface area (Å²) < 4.78 is 1.86. The third-order valence-electron chi connectivity index (χ3n) is 4.14. The van der Waals surface area contributed by atoms with Gasteiger partial charge in [0.05, 0.1) is 5.52 Å². The summed E-state index contributed by atoms with van der Waals surface area (Å²) in [6, 6.07) is 13.6. The minimum atomic E-state index is -0.110. The average molecular weight is 320 g/mol. The number of aromatic nitrogens is 1. The molecule has 24 heavy (non-hydrogen) atoms. The third kappa shape index (κ3) is 3.08. The zero-order valence-electron chi connectivity index (χ0n) is 13.9. The Morgan fingerprint density at radius 1 is 1.21 bits per heavy atom. The number of anilines is 1. The lowest BCUT2D eigenvalue weighted by molar-refractivity contribution is -0.116. The van der Waals surface area contributed by atoms with Crippen LogP contribution in [0.15, 0.2) is 48.7 Å². The number of carbonyl (C=O) groups excluding carboxylic acids is 2. The largest absolute Gasteiger partial charge is 0.337 e. The summed E-state index contributed by atoms with van der Waals surface area (Å²) in [5.74, 6) is -0.110. The summed E-state index contributed by atoms with van der Waals surface area (Å²) in [4.78, 5) is 23.7. The fourth-order valence-electron chi connectivity index (χ4n) is 3.05. The molecule has 0 unspecified atom stereocenters. The second-order valence-electron chi connectivity index (χ2n) is 5.91. The lowest BCUT2D eigenvalue weighted by Gasteiger charge is -2.10. The van der Waals surface area contributed by atoms with Gasteiger partial charge in [0.2, 0.25) is 5.91 Å². The van der Waals surface area contributed by atoms with Gasteiger partial charge < -0.3 is 9.88 Å². The van der Waals surface area contributed by atoms with Crippen molar-refractivity contribution in [3.05, 3.63) is 65.4 Å². The van der Waals surface area contributed by atoms with Gasteiger partial charge in [-0.15, -0.1) is 0 Å². The number of aldehydes is 1. The molecule has 2 aromatic carbocycles. The SMILES string of the molecule is CCc1cccc2c(C=O)cn(CC(=O)Nc3cccc(C)c3)c12. The van der Waals surface area contributed by atoms with Crippen molar-refractivity contribution in [2.45, 2.75) is 26.8 Å². The summed E-state index contributed by atoms with van der Waals surface area (Å²) in [6.07, 6.45) is 3.45. The van der Waals surface area contributed by atoms with E-state index in [-0.39, 0.29) is 12.5 Å². The van der Waals surface area contributed by atoms with Crippen molar-refractivity contribution in [2.24, 2.45) is 0 Å². The molecule has 1 aromatic heterocycles. The van der Waals surface area contributed by atoms with E-state index in [1.807, 2.05) is 54.0 Å². The van der Waals surface area contributed by atoms with Crippen molar-refractivity contribution in [1.82, 2.24) is 4.57 Å². The maximum Gasteiger partial charge on any atom is 0.244 e. The molecular formula is C20H20N2O2. The predicted octanol–water partition coefficient (Wildman–Crippen LogP) is 3.96. The van der Waals surface area contributed by atoms with Crippen LogP contribution >= 0.6 is 0 Å². The minimum Gasteiger partial charge on any atom is -0.337 e. The molecule has 0 bridgehead atoms. The number of aryl methyl sites for hydroxylation is 2. The number of rotatable bonds is 5. The molecule has 122 valence electrons. The Hall–Kier alpha value is -2.88. The van der Waals surface area contributed by atoms with Gasteiger partial charge in [0.25, 0.3) is 0 Å². The average Bonchev–Trinajstić information content (AvgIpc) is 2.92. The van der Waals surface area contributed by atoms with Crippen LogP contribution in [0.3, 0.4) is 0 Å². The quantitative estimate of drug-likeness (QED) is 0.723. The summed E-state index contributed by atoms with van der Waals surface area (Å²) in [5, 5.41) is 3.81. The number of carbonyl (C=O) groups is 2. The lowest BCUT2D eigenvalue weighted by Crippen LogP contribution is -2.18. The highest BCUT2D eigenvalue weighted by molar-refractivity contribution is 6.00. The van der Waals surface area contributed by atoms with Crippen molar-refractivity contribution >= 4 is 28.8 Å². The Morgan fingerprint density at radius 2 is 2.00 bits per heavy atom. The van der Waals surface area contributed by atoms with Crippen LogP contribution in [0.1, 0.15) is 28.4 Å². The molecule has 0 atom stereocenters. The number of amides is 1. The topological polar surface area (TPSA) is 51.1 Å². The molecule has 4 heteroatoms. The van der Waals surface area contributed by atoms with E-state index in [9.17, 15) is 9.59 Å². The van der Waals surface area contributed by atoms with E-state index < -0.39 is 0 Å². The number of nitrogens with zero attached hydrogens (tertiary/aromatic N) is 1. The maximum absolute atomic E-state index is 12.4. The Labute approximate surface area is 141 Å². The van der Waals surface area contributed by atoms with Gasteiger partial charge in [0.1, 0.15) is 6.54 Å². The van der Waals surface area contributed by atoms with Crippen molar-refractivity contribution in [1.29, 1.82) is 0 Å². The maximum atomic E-state index is 12.4. The molecule has 1 heterocycles. The highest BCUT2D eigenvalue weighted by Crippen LogP contribution is 2.24. The normalized spacial score (nSPS) is 10.8. The molecule has 0 aliphatic heterocycles. The van der Waals surface area contributed by atoms with Crippen molar-refractivity contribution in [3.63, 3.8) is 0 Å². The first-order valence-corrected chi connectivity index (χ1v) is 8.04. The van der Waals surface area contributed by atoms with Gasteiger partial charge in [0.15, 0.2) is 6.29 Å². The number of fused-ring (bicyclic) bond motifs is 1. The Morgan fingerprint density at radius 3 is 2.71 bits per heavy atom. The number of para-hydroxylation sites is 1. The summed E-state index contributed by atoms with van der Waals surface area (Å²) >= 11 is 0. The predicted molar refractivity (Wildman–Crippen MR) is 96.5 cm³/mol. The monoisotopic (exact) mass is 320 g/mol. The Balaban J connectivity index is 1.92. The van der Waals surface area contributed by atoms with Gasteiger partial charge in [-0.1, -0.05) is 37.3 Å². The Kier molecular flexibility index (Phi) is 4.47. The van der Waals surface area contributed by atoms with E-state index >= 15 is 0 Å². The molecule has 0 spiro atoms. The number of nitrogens with one attached hydrogen (secondary N) is 1. The van der Waals surface area contributed by atoms with Crippen LogP contribution in [0.2, 0.25) is 0 Å². The molecule has 4 nitrogen and oxygen atoms in total. The van der Waals surface area contributed by atoms with Crippen molar-refractivity contribution in [3.8, 4) is 0 Å². The zero-order valence-corrected chi connectivity index (χ0v) is 13.9. The smallest absolute Gasteiger partial charge is 0.244 e. The molecule has 0 aliphatic rings. The van der Waals surface area contributed by atoms with Gasteiger partial charge in [-0.05, 0) is 36.6 Å². The van der Waals surface area contributed by atoms with Gasteiger partial charge >= 0.3 is 0 Å². The van der Waals surface area contributed by atoms with Gasteiger partial charge in [0, 0.05) is 22.8 Å². The summed E-state index contributed by atoms with van der Waals surface area (Å²) in [6.45, 7) is 4.23. The second kappa shape index (κ2) is 6.71. The van der Waals surface area contributed by atoms with Crippen LogP contribution in [0.4, 0.5) is 5.69 Å². The van der Waals surface area contributed by atoms with Crippen LogP contribution in [-0.4, -0.2) is 16.8 Å². The van der Waals surface area contributed by atoms with Gasteiger partial charge in [-0.2, -0.15) is 0 Å². The first kappa shape index (κ1) is 16.0. The number of hydrogen-bond acceptors (Lipinski definition) is 2. The van der Waals surface area contributed by atoms with E-state index in [1.165, 1.54) is 0 Å². The molecule has 1 N–H and O–H groups in total. The van der Waals surface area contributed by atoms with E-state index in [1.54, 1.807) is 6.20 Å². The van der Waals surface area contributed by atoms with E-state index in [2.05, 4.69) is 12.2 Å². The van der Waals surface area contributed by atoms with Crippen LogP contribution < -0.4 is 5.32 Å². The first-order chi connectivity index (χ1) is 11.6. The molecule has 0 saturated heterocycles. The minimum absolute atomic E-state index is 0.110. The Bertz CT molecular complexity index is 909. The highest BCUT2D eigenvalue weighted by Gasteiger charge is 2.13. The van der Waals surface area contributed by atoms with Crippen LogP contribution in [-0.2, 0) is 17.8 Å². The van der Waals surface area contributed by atoms with Crippen molar-refractivity contribution < 1.29 is 9.59 Å². The molecule has 0 saturated carbocycles. The molecule has 3 rings (SSSR count). The number of benzene rings is 2. The van der Waals surface area contributed by atoms with Crippen molar-refractivity contribution in [2.75, 3.05) is 5.32 Å². The van der Waals surface area contributed by atoms with E-state index in [0.717, 1.165) is 40.4 Å². The molecule has 1 amide bonds. The van der Waals surface area contributed by atoms with Crippen LogP contribution in [0, 0.1) is 6.92 Å². The van der Waals surface area contributed by atoms with Gasteiger partial charge in [-0.3, -0.25) is 9.59 Å². The second-order valence-corrected chi connectivity index (χ2v) is 5.91. The summed E-state index contributed by atoms with van der Waals surface area (Å²) in [5.41, 5.74) is 4.58. The van der Waals surface area contributed by atoms with Crippen LogP contribution in [0.25, 0.3) is 10.9 Å². The molecule has 0 radical (unpaired) electrons. The van der Waals surface area contributed by atoms with Crippen LogP contribution in [0.5, 0.6) is 0 Å². The molecule has 3 aromatic rings. The van der Waals surface area contributed by atoms with E-state index in [4.69, 9.17) is 0 Å². The third-order valence-corrected chi connectivity index (χ3v) is 4.14. The molecule has 0 fully saturated rings. The molecule has 0 aliphatic carbocycles. The van der Waals surface area contributed by atoms with E-state index in [0.29, 0.717) is 5.56 Å². The standard InChI is InChI=1S/C20H20N2O2/c1-3-15-7-5-9-18-16(13-23)11-22(20(15)18)12-19(24)21-17-8-4-6-14(2)10-17/h4-11,13H,3,12H2,1-2H3,(H,21,24). The first-order valence-electron chi connectivity index (χ1n) is 8.04. The fourth-order valence-corrected chi connectivity index (χ4v) is 3.05. The van der Waals surface area contributed by atoms with Gasteiger partial charge in [-0.25, -0.2) is 0 Å². The summed E-state index contributed by atoms with van der Waals surface area (Å²) in [7, 11) is 0. The zero-order chi connectivity index (χ0) is 17.1.